The normalized spacial score (nSPS) is 13.5. The number of carbonyl (C=O) groups is 3. The second-order valence-electron chi connectivity index (χ2n) is 8.00. The number of hydrogen-bond donors (Lipinski definition) is 2. The van der Waals surface area contributed by atoms with Crippen molar-refractivity contribution in [2.45, 2.75) is 39.7 Å². The van der Waals surface area contributed by atoms with Gasteiger partial charge in [-0.3, -0.25) is 14.5 Å². The van der Waals surface area contributed by atoms with Crippen LogP contribution < -0.4 is 10.6 Å². The lowest BCUT2D eigenvalue weighted by Crippen LogP contribution is -2.45. The second kappa shape index (κ2) is 7.46. The first-order chi connectivity index (χ1) is 13.2. The topological polar surface area (TPSA) is 78.5 Å². The van der Waals surface area contributed by atoms with Crippen molar-refractivity contribution >= 4 is 23.5 Å². The van der Waals surface area contributed by atoms with E-state index in [2.05, 4.69) is 16.7 Å². The van der Waals surface area contributed by atoms with E-state index in [1.165, 1.54) is 10.5 Å². The Morgan fingerprint density at radius 2 is 1.71 bits per heavy atom. The molecule has 0 aromatic heterocycles. The Hall–Kier alpha value is -3.15. The van der Waals surface area contributed by atoms with Gasteiger partial charge >= 0.3 is 6.03 Å². The van der Waals surface area contributed by atoms with E-state index in [1.807, 2.05) is 45.9 Å². The van der Waals surface area contributed by atoms with E-state index in [9.17, 15) is 14.4 Å². The van der Waals surface area contributed by atoms with Crippen molar-refractivity contribution in [3.63, 3.8) is 0 Å². The highest BCUT2D eigenvalue weighted by Crippen LogP contribution is 2.30. The fourth-order valence-corrected chi connectivity index (χ4v) is 3.29. The van der Waals surface area contributed by atoms with Crippen molar-refractivity contribution in [1.82, 2.24) is 10.2 Å². The summed E-state index contributed by atoms with van der Waals surface area (Å²) in [6.45, 7) is 7.97. The summed E-state index contributed by atoms with van der Waals surface area (Å²) in [6.07, 6.45) is 0.729. The molecule has 0 spiro atoms. The SMILES string of the molecule is Cc1cccc(CCNC(=O)Nc2ccc3c(c2)C(=O)N(C(C)(C)C)C3=O)c1. The molecule has 1 aliphatic rings. The smallest absolute Gasteiger partial charge is 0.319 e. The summed E-state index contributed by atoms with van der Waals surface area (Å²) in [6, 6.07) is 12.6. The number of imide groups is 1. The summed E-state index contributed by atoms with van der Waals surface area (Å²) in [5.74, 6) is -0.641. The fraction of sp³-hybridized carbons (Fsp3) is 0.318. The van der Waals surface area contributed by atoms with E-state index < -0.39 is 5.54 Å². The predicted molar refractivity (Wildman–Crippen MR) is 109 cm³/mol. The number of amides is 4. The highest BCUT2D eigenvalue weighted by molar-refractivity contribution is 6.22. The van der Waals surface area contributed by atoms with Crippen LogP contribution in [-0.2, 0) is 6.42 Å². The van der Waals surface area contributed by atoms with Crippen LogP contribution in [0.15, 0.2) is 42.5 Å². The standard InChI is InChI=1S/C22H25N3O3/c1-14-6-5-7-15(12-14)10-11-23-21(28)24-16-8-9-17-18(13-16)20(27)25(19(17)26)22(2,3)4/h5-9,12-13H,10-11H2,1-4H3,(H2,23,24,28). The second-order valence-corrected chi connectivity index (χ2v) is 8.00. The average molecular weight is 379 g/mol. The zero-order valence-corrected chi connectivity index (χ0v) is 16.6. The number of aryl methyl sites for hydroxylation is 1. The van der Waals surface area contributed by atoms with Gasteiger partial charge in [0.15, 0.2) is 0 Å². The molecule has 0 aliphatic carbocycles. The molecular weight excluding hydrogens is 354 g/mol. The molecule has 0 bridgehead atoms. The molecule has 0 saturated carbocycles. The zero-order valence-electron chi connectivity index (χ0n) is 16.6. The van der Waals surface area contributed by atoms with Gasteiger partial charge in [-0.05, 0) is 57.9 Å². The number of carbonyl (C=O) groups excluding carboxylic acids is 3. The minimum atomic E-state index is -0.603. The van der Waals surface area contributed by atoms with Crippen LogP contribution in [-0.4, -0.2) is 34.8 Å². The van der Waals surface area contributed by atoms with Crippen molar-refractivity contribution < 1.29 is 14.4 Å². The Bertz CT molecular complexity index is 944. The summed E-state index contributed by atoms with van der Waals surface area (Å²) < 4.78 is 0. The Morgan fingerprint density at radius 3 is 2.39 bits per heavy atom. The van der Waals surface area contributed by atoms with Crippen LogP contribution in [0.25, 0.3) is 0 Å². The van der Waals surface area contributed by atoms with Gasteiger partial charge in [0.25, 0.3) is 11.8 Å². The Labute approximate surface area is 164 Å². The van der Waals surface area contributed by atoms with Crippen LogP contribution in [0.1, 0.15) is 52.6 Å². The van der Waals surface area contributed by atoms with E-state index >= 15 is 0 Å². The van der Waals surface area contributed by atoms with Gasteiger partial charge in [-0.25, -0.2) is 4.79 Å². The van der Waals surface area contributed by atoms with Gasteiger partial charge in [-0.1, -0.05) is 29.8 Å². The molecule has 2 aromatic carbocycles. The molecule has 0 saturated heterocycles. The molecule has 0 fully saturated rings. The largest absolute Gasteiger partial charge is 0.338 e. The number of urea groups is 1. The number of anilines is 1. The minimum Gasteiger partial charge on any atom is -0.338 e. The molecule has 146 valence electrons. The fourth-order valence-electron chi connectivity index (χ4n) is 3.29. The van der Waals surface area contributed by atoms with Gasteiger partial charge in [0.05, 0.1) is 11.1 Å². The summed E-state index contributed by atoms with van der Waals surface area (Å²) in [5, 5.41) is 5.53. The number of hydrogen-bond acceptors (Lipinski definition) is 3. The molecule has 6 heteroatoms. The van der Waals surface area contributed by atoms with E-state index in [0.717, 1.165) is 12.0 Å². The van der Waals surface area contributed by atoms with Crippen LogP contribution in [0, 0.1) is 6.92 Å². The third-order valence-electron chi connectivity index (χ3n) is 4.60. The van der Waals surface area contributed by atoms with Gasteiger partial charge in [-0.15, -0.1) is 0 Å². The molecule has 6 nitrogen and oxygen atoms in total. The molecule has 4 amide bonds. The van der Waals surface area contributed by atoms with Crippen LogP contribution in [0.2, 0.25) is 0 Å². The number of benzene rings is 2. The summed E-state index contributed by atoms with van der Waals surface area (Å²) >= 11 is 0. The van der Waals surface area contributed by atoms with E-state index in [1.54, 1.807) is 18.2 Å². The third kappa shape index (κ3) is 4.06. The molecule has 1 aliphatic heterocycles. The number of nitrogens with one attached hydrogen (secondary N) is 2. The van der Waals surface area contributed by atoms with Crippen LogP contribution in [0.3, 0.4) is 0 Å². The Morgan fingerprint density at radius 1 is 1.00 bits per heavy atom. The Kier molecular flexibility index (Phi) is 5.23. The number of nitrogens with zero attached hydrogens (tertiary/aromatic N) is 1. The maximum atomic E-state index is 12.6. The summed E-state index contributed by atoms with van der Waals surface area (Å²) in [4.78, 5) is 38.5. The molecule has 2 aromatic rings. The monoisotopic (exact) mass is 379 g/mol. The summed E-state index contributed by atoms with van der Waals surface area (Å²) in [5.41, 5.74) is 2.90. The predicted octanol–water partition coefficient (Wildman–Crippen LogP) is 3.75. The van der Waals surface area contributed by atoms with Crippen molar-refractivity contribution in [2.24, 2.45) is 0 Å². The van der Waals surface area contributed by atoms with Crippen molar-refractivity contribution in [2.75, 3.05) is 11.9 Å². The minimum absolute atomic E-state index is 0.304. The average Bonchev–Trinajstić information content (AvgIpc) is 2.85. The number of rotatable bonds is 4. The molecule has 3 rings (SSSR count). The van der Waals surface area contributed by atoms with Gasteiger partial charge in [0, 0.05) is 17.8 Å². The lowest BCUT2D eigenvalue weighted by molar-refractivity contribution is 0.0507. The van der Waals surface area contributed by atoms with Crippen molar-refractivity contribution in [3.8, 4) is 0 Å². The third-order valence-corrected chi connectivity index (χ3v) is 4.60. The van der Waals surface area contributed by atoms with E-state index in [-0.39, 0.29) is 17.8 Å². The summed E-state index contributed by atoms with van der Waals surface area (Å²) in [7, 11) is 0. The highest BCUT2D eigenvalue weighted by Gasteiger charge is 2.41. The maximum absolute atomic E-state index is 12.6. The molecular formula is C22H25N3O3. The van der Waals surface area contributed by atoms with Crippen molar-refractivity contribution in [1.29, 1.82) is 0 Å². The van der Waals surface area contributed by atoms with Crippen LogP contribution >= 0.6 is 0 Å². The quantitative estimate of drug-likeness (QED) is 0.794. The lowest BCUT2D eigenvalue weighted by atomic mass is 10.1. The highest BCUT2D eigenvalue weighted by atomic mass is 16.2. The first-order valence-electron chi connectivity index (χ1n) is 9.30. The van der Waals surface area contributed by atoms with Gasteiger partial charge in [0.1, 0.15) is 0 Å². The zero-order chi connectivity index (χ0) is 20.5. The molecule has 0 atom stereocenters. The first-order valence-corrected chi connectivity index (χ1v) is 9.30. The molecule has 2 N–H and O–H groups in total. The van der Waals surface area contributed by atoms with Gasteiger partial charge in [0.2, 0.25) is 0 Å². The van der Waals surface area contributed by atoms with Gasteiger partial charge in [-0.2, -0.15) is 0 Å². The molecule has 0 unspecified atom stereocenters. The molecule has 1 heterocycles. The molecule has 28 heavy (non-hydrogen) atoms. The lowest BCUT2D eigenvalue weighted by Gasteiger charge is -2.29. The van der Waals surface area contributed by atoms with E-state index in [4.69, 9.17) is 0 Å². The van der Waals surface area contributed by atoms with Gasteiger partial charge < -0.3 is 10.6 Å². The first kappa shape index (κ1) is 19.6. The number of fused-ring (bicyclic) bond motifs is 1. The molecule has 0 radical (unpaired) electrons. The maximum Gasteiger partial charge on any atom is 0.319 e. The Balaban J connectivity index is 1.62. The van der Waals surface area contributed by atoms with E-state index in [0.29, 0.717) is 23.4 Å². The van der Waals surface area contributed by atoms with Crippen LogP contribution in [0.5, 0.6) is 0 Å². The van der Waals surface area contributed by atoms with Crippen LogP contribution in [0.4, 0.5) is 10.5 Å². The van der Waals surface area contributed by atoms with Crippen molar-refractivity contribution in [3.05, 3.63) is 64.7 Å².